The lowest BCUT2D eigenvalue weighted by atomic mass is 9.83. The molecular formula is C39H41Cl2N3O6. The zero-order valence-corrected chi connectivity index (χ0v) is 29.8. The van der Waals surface area contributed by atoms with Gasteiger partial charge in [-0.1, -0.05) is 83.9 Å². The number of carbonyl (C=O) groups is 2. The van der Waals surface area contributed by atoms with Gasteiger partial charge in [-0.15, -0.1) is 0 Å². The Hall–Kier alpha value is -4.41. The monoisotopic (exact) mass is 717 g/mol. The van der Waals surface area contributed by atoms with Crippen molar-refractivity contribution in [3.63, 3.8) is 0 Å². The van der Waals surface area contributed by atoms with Gasteiger partial charge in [0.05, 0.1) is 6.61 Å². The molecule has 0 radical (unpaired) electrons. The van der Waals surface area contributed by atoms with E-state index in [4.69, 9.17) is 47.5 Å². The lowest BCUT2D eigenvalue weighted by Crippen LogP contribution is -2.52. The van der Waals surface area contributed by atoms with Gasteiger partial charge >= 0.3 is 5.97 Å². The topological polar surface area (TPSA) is 118 Å². The molecule has 9 nitrogen and oxygen atoms in total. The van der Waals surface area contributed by atoms with Crippen LogP contribution in [0.4, 0.5) is 0 Å². The Labute approximate surface area is 302 Å². The molecule has 0 aromatic heterocycles. The maximum atomic E-state index is 14.4. The van der Waals surface area contributed by atoms with Crippen LogP contribution < -0.4 is 15.6 Å². The summed E-state index contributed by atoms with van der Waals surface area (Å²) >= 11 is 12.4. The average Bonchev–Trinajstić information content (AvgIpc) is 3.49. The van der Waals surface area contributed by atoms with Crippen molar-refractivity contribution >= 4 is 41.0 Å². The van der Waals surface area contributed by atoms with Gasteiger partial charge in [-0.2, -0.15) is 0 Å². The third-order valence-corrected chi connectivity index (χ3v) is 8.56. The number of aliphatic imine (C=N–C) groups is 1. The number of hydrazine groups is 1. The molecule has 0 fully saturated rings. The van der Waals surface area contributed by atoms with Crippen molar-refractivity contribution in [3.05, 3.63) is 124 Å². The zero-order valence-electron chi connectivity index (χ0n) is 28.2. The molecule has 1 heterocycles. The summed E-state index contributed by atoms with van der Waals surface area (Å²) in [5, 5.41) is 10.0. The van der Waals surface area contributed by atoms with Gasteiger partial charge in [0.1, 0.15) is 11.4 Å². The number of esters is 1. The van der Waals surface area contributed by atoms with E-state index in [2.05, 4.69) is 10.9 Å². The van der Waals surface area contributed by atoms with Crippen LogP contribution in [0.2, 0.25) is 10.0 Å². The number of hydrogen-bond donors (Lipinski definition) is 3. The highest BCUT2D eigenvalue weighted by Gasteiger charge is 2.53. The summed E-state index contributed by atoms with van der Waals surface area (Å²) in [6.07, 6.45) is -0.486. The van der Waals surface area contributed by atoms with Gasteiger partial charge < -0.3 is 19.3 Å². The second kappa shape index (κ2) is 16.5. The Morgan fingerprint density at radius 3 is 2.26 bits per heavy atom. The molecule has 1 aliphatic heterocycles. The third-order valence-electron chi connectivity index (χ3n) is 7.98. The second-order valence-electron chi connectivity index (χ2n) is 12.9. The molecule has 4 aromatic carbocycles. The number of benzene rings is 4. The molecule has 11 heteroatoms. The van der Waals surface area contributed by atoms with E-state index in [-0.39, 0.29) is 31.9 Å². The SMILES string of the molecule is CC(C)(C)OC(=O)CC[C@]1(C(=O)NNCc2ccc(Cl)cc2Cl)N=C(c2ccc(OCCCO)cc2)O[C@H]1c1ccc(-c2ccccc2)cc1. The Bertz CT molecular complexity index is 1790. The van der Waals surface area contributed by atoms with E-state index in [0.29, 0.717) is 39.9 Å². The number of amides is 1. The van der Waals surface area contributed by atoms with Crippen molar-refractivity contribution < 1.29 is 28.9 Å². The number of aliphatic hydroxyl groups excluding tert-OH is 1. The number of carbonyl (C=O) groups excluding carboxylic acids is 2. The summed E-state index contributed by atoms with van der Waals surface area (Å²) in [5.41, 5.74) is 7.59. The number of hydrogen-bond acceptors (Lipinski definition) is 8. The van der Waals surface area contributed by atoms with E-state index in [0.717, 1.165) is 16.7 Å². The number of ether oxygens (including phenoxy) is 3. The average molecular weight is 719 g/mol. The van der Waals surface area contributed by atoms with Crippen molar-refractivity contribution in [1.29, 1.82) is 0 Å². The van der Waals surface area contributed by atoms with Crippen molar-refractivity contribution in [3.8, 4) is 16.9 Å². The molecule has 2 atom stereocenters. The number of halogens is 2. The second-order valence-corrected chi connectivity index (χ2v) is 13.8. The van der Waals surface area contributed by atoms with Gasteiger partial charge in [0, 0.05) is 41.6 Å². The Kier molecular flexibility index (Phi) is 12.2. The van der Waals surface area contributed by atoms with Gasteiger partial charge in [-0.3, -0.25) is 15.0 Å². The zero-order chi connectivity index (χ0) is 35.7. The highest BCUT2D eigenvalue weighted by molar-refractivity contribution is 6.35. The molecule has 4 aromatic rings. The van der Waals surface area contributed by atoms with E-state index in [9.17, 15) is 9.59 Å². The Balaban J connectivity index is 1.50. The Morgan fingerprint density at radius 1 is 0.920 bits per heavy atom. The van der Waals surface area contributed by atoms with E-state index in [1.54, 1.807) is 63.2 Å². The third kappa shape index (κ3) is 9.43. The van der Waals surface area contributed by atoms with E-state index in [1.807, 2.05) is 54.6 Å². The predicted octanol–water partition coefficient (Wildman–Crippen LogP) is 7.62. The maximum Gasteiger partial charge on any atom is 0.306 e. The first kappa shape index (κ1) is 36.9. The fourth-order valence-corrected chi connectivity index (χ4v) is 6.00. The fraction of sp³-hybridized carbons (Fsp3) is 0.308. The number of nitrogens with zero attached hydrogens (tertiary/aromatic N) is 1. The van der Waals surface area contributed by atoms with Crippen LogP contribution in [0.25, 0.3) is 11.1 Å². The lowest BCUT2D eigenvalue weighted by molar-refractivity contribution is -0.155. The molecule has 0 spiro atoms. The first-order valence-corrected chi connectivity index (χ1v) is 17.2. The summed E-state index contributed by atoms with van der Waals surface area (Å²) in [6.45, 7) is 5.99. The molecule has 0 bridgehead atoms. The van der Waals surface area contributed by atoms with Gasteiger partial charge in [-0.05, 0) is 85.8 Å². The van der Waals surface area contributed by atoms with Crippen LogP contribution in [-0.4, -0.2) is 47.2 Å². The minimum absolute atomic E-state index is 0.00587. The van der Waals surface area contributed by atoms with Crippen molar-refractivity contribution in [2.24, 2.45) is 4.99 Å². The smallest absolute Gasteiger partial charge is 0.306 e. The molecular weight excluding hydrogens is 677 g/mol. The van der Waals surface area contributed by atoms with Crippen LogP contribution in [0, 0.1) is 0 Å². The summed E-state index contributed by atoms with van der Waals surface area (Å²) in [5.74, 6) is -0.101. The molecule has 50 heavy (non-hydrogen) atoms. The first-order chi connectivity index (χ1) is 24.0. The molecule has 3 N–H and O–H groups in total. The van der Waals surface area contributed by atoms with Gasteiger partial charge in [0.2, 0.25) is 5.90 Å². The van der Waals surface area contributed by atoms with Crippen LogP contribution in [0.5, 0.6) is 5.75 Å². The highest BCUT2D eigenvalue weighted by atomic mass is 35.5. The quantitative estimate of drug-likeness (QED) is 0.0698. The number of aliphatic hydroxyl groups is 1. The first-order valence-electron chi connectivity index (χ1n) is 16.4. The minimum atomic E-state index is -1.58. The molecule has 0 saturated heterocycles. The molecule has 1 amide bonds. The molecule has 0 saturated carbocycles. The standard InChI is InChI=1S/C39H41Cl2N3O6/c1-38(2,3)50-34(46)20-21-39(37(47)44-42-25-30-14-17-31(40)24-33(30)41)35(28-12-10-27(11-13-28)26-8-5-4-6-9-26)49-36(43-39)29-15-18-32(19-16-29)48-23-7-22-45/h4-6,8-19,24,35,42,45H,7,20-23,25H2,1-3H3,(H,44,47)/t35-,39-/m0/s1. The molecule has 262 valence electrons. The number of nitrogens with one attached hydrogen (secondary N) is 2. The summed E-state index contributed by atoms with van der Waals surface area (Å²) in [7, 11) is 0. The van der Waals surface area contributed by atoms with Gasteiger partial charge in [-0.25, -0.2) is 10.4 Å². The van der Waals surface area contributed by atoms with E-state index in [1.165, 1.54) is 0 Å². The van der Waals surface area contributed by atoms with Crippen LogP contribution in [0.15, 0.2) is 102 Å². The maximum absolute atomic E-state index is 14.4. The fourth-order valence-electron chi connectivity index (χ4n) is 5.53. The van der Waals surface area contributed by atoms with Crippen LogP contribution in [-0.2, 0) is 25.6 Å². The predicted molar refractivity (Wildman–Crippen MR) is 195 cm³/mol. The van der Waals surface area contributed by atoms with Crippen molar-refractivity contribution in [2.75, 3.05) is 13.2 Å². The molecule has 5 rings (SSSR count). The molecule has 1 aliphatic rings. The largest absolute Gasteiger partial charge is 0.494 e. The summed E-state index contributed by atoms with van der Waals surface area (Å²) in [6, 6.07) is 30.0. The number of rotatable bonds is 14. The van der Waals surface area contributed by atoms with Crippen LogP contribution in [0.1, 0.15) is 62.8 Å². The lowest BCUT2D eigenvalue weighted by Gasteiger charge is -2.31. The van der Waals surface area contributed by atoms with Crippen molar-refractivity contribution in [2.45, 2.75) is 63.8 Å². The summed E-state index contributed by atoms with van der Waals surface area (Å²) < 4.78 is 17.9. The normalized spacial score (nSPS) is 17.1. The molecule has 0 aliphatic carbocycles. The van der Waals surface area contributed by atoms with E-state index < -0.39 is 29.1 Å². The Morgan fingerprint density at radius 2 is 1.60 bits per heavy atom. The van der Waals surface area contributed by atoms with Crippen LogP contribution in [0.3, 0.4) is 0 Å². The van der Waals surface area contributed by atoms with Gasteiger partial charge in [0.25, 0.3) is 5.91 Å². The van der Waals surface area contributed by atoms with E-state index >= 15 is 0 Å². The van der Waals surface area contributed by atoms with Gasteiger partial charge in [0.15, 0.2) is 11.6 Å². The van der Waals surface area contributed by atoms with Crippen LogP contribution >= 0.6 is 23.2 Å². The minimum Gasteiger partial charge on any atom is -0.494 e. The molecule has 0 unspecified atom stereocenters. The van der Waals surface area contributed by atoms with Crippen molar-refractivity contribution in [1.82, 2.24) is 10.9 Å². The highest BCUT2D eigenvalue weighted by Crippen LogP contribution is 2.44. The summed E-state index contributed by atoms with van der Waals surface area (Å²) in [4.78, 5) is 32.5.